The van der Waals surface area contributed by atoms with Crippen LogP contribution < -0.4 is 14.8 Å². The Hall–Kier alpha value is -1.22. The Morgan fingerprint density at radius 2 is 2.00 bits per heavy atom. The normalized spacial score (nSPS) is 19.0. The highest BCUT2D eigenvalue weighted by Crippen LogP contribution is 2.35. The summed E-state index contributed by atoms with van der Waals surface area (Å²) < 4.78 is 10.7. The molecule has 0 amide bonds. The first-order chi connectivity index (χ1) is 7.33. The van der Waals surface area contributed by atoms with Crippen LogP contribution in [0.5, 0.6) is 11.5 Å². The molecule has 3 heteroatoms. The third-order valence-corrected chi connectivity index (χ3v) is 3.21. The van der Waals surface area contributed by atoms with Gasteiger partial charge in [-0.3, -0.25) is 0 Å². The van der Waals surface area contributed by atoms with Crippen LogP contribution in [0, 0.1) is 12.8 Å². The largest absolute Gasteiger partial charge is 0.454 e. The summed E-state index contributed by atoms with van der Waals surface area (Å²) in [6, 6.07) is 4.22. The highest BCUT2D eigenvalue weighted by atomic mass is 16.7. The highest BCUT2D eigenvalue weighted by molar-refractivity contribution is 5.48. The van der Waals surface area contributed by atoms with Gasteiger partial charge in [-0.05, 0) is 55.6 Å². The molecule has 0 radical (unpaired) electrons. The first-order valence-electron chi connectivity index (χ1n) is 5.43. The highest BCUT2D eigenvalue weighted by Gasteiger charge is 2.21. The molecular formula is C12H15NO2. The molecule has 0 aliphatic carbocycles. The van der Waals surface area contributed by atoms with Crippen LogP contribution in [0.4, 0.5) is 0 Å². The Kier molecular flexibility index (Phi) is 2.06. The van der Waals surface area contributed by atoms with Crippen molar-refractivity contribution in [2.45, 2.75) is 13.3 Å². The molecule has 2 heterocycles. The van der Waals surface area contributed by atoms with Crippen molar-refractivity contribution in [2.75, 3.05) is 19.9 Å². The lowest BCUT2D eigenvalue weighted by molar-refractivity contribution is 0.174. The molecule has 3 rings (SSSR count). The standard InChI is InChI=1S/C12H15NO2/c1-8-2-11-12(15-7-14-11)4-10(8)3-9-5-13-6-9/h2,4,9,13H,3,5-7H2,1H3. The van der Waals surface area contributed by atoms with Gasteiger partial charge < -0.3 is 14.8 Å². The van der Waals surface area contributed by atoms with Crippen LogP contribution in [0.1, 0.15) is 11.1 Å². The number of ether oxygens (including phenoxy) is 2. The number of rotatable bonds is 2. The molecule has 1 N–H and O–H groups in total. The fourth-order valence-electron chi connectivity index (χ4n) is 2.11. The van der Waals surface area contributed by atoms with Crippen molar-refractivity contribution in [3.05, 3.63) is 23.3 Å². The van der Waals surface area contributed by atoms with E-state index in [2.05, 4.69) is 24.4 Å². The summed E-state index contributed by atoms with van der Waals surface area (Å²) in [7, 11) is 0. The smallest absolute Gasteiger partial charge is 0.231 e. The molecular weight excluding hydrogens is 190 g/mol. The maximum absolute atomic E-state index is 5.39. The molecule has 3 nitrogen and oxygen atoms in total. The third kappa shape index (κ3) is 1.57. The molecule has 0 atom stereocenters. The van der Waals surface area contributed by atoms with E-state index in [1.807, 2.05) is 0 Å². The van der Waals surface area contributed by atoms with E-state index in [9.17, 15) is 0 Å². The lowest BCUT2D eigenvalue weighted by Gasteiger charge is -2.27. The Balaban J connectivity index is 1.86. The average molecular weight is 205 g/mol. The minimum atomic E-state index is 0.364. The molecule has 2 aliphatic rings. The van der Waals surface area contributed by atoms with Crippen LogP contribution in [-0.4, -0.2) is 19.9 Å². The minimum absolute atomic E-state index is 0.364. The van der Waals surface area contributed by atoms with Crippen molar-refractivity contribution in [2.24, 2.45) is 5.92 Å². The number of nitrogens with one attached hydrogen (secondary N) is 1. The van der Waals surface area contributed by atoms with Crippen LogP contribution in [0.15, 0.2) is 12.1 Å². The number of aryl methyl sites for hydroxylation is 1. The van der Waals surface area contributed by atoms with Gasteiger partial charge in [0.05, 0.1) is 0 Å². The summed E-state index contributed by atoms with van der Waals surface area (Å²) in [5.74, 6) is 2.59. The minimum Gasteiger partial charge on any atom is -0.454 e. The molecule has 1 saturated heterocycles. The van der Waals surface area contributed by atoms with Crippen molar-refractivity contribution in [3.63, 3.8) is 0 Å². The third-order valence-electron chi connectivity index (χ3n) is 3.21. The topological polar surface area (TPSA) is 30.5 Å². The van der Waals surface area contributed by atoms with Gasteiger partial charge in [-0.15, -0.1) is 0 Å². The van der Waals surface area contributed by atoms with Gasteiger partial charge in [0.25, 0.3) is 0 Å². The predicted molar refractivity (Wildman–Crippen MR) is 57.4 cm³/mol. The Bertz CT molecular complexity index is 385. The van der Waals surface area contributed by atoms with Crippen LogP contribution in [-0.2, 0) is 6.42 Å². The quantitative estimate of drug-likeness (QED) is 0.793. The Labute approximate surface area is 89.4 Å². The summed E-state index contributed by atoms with van der Waals surface area (Å²) in [6.45, 7) is 4.80. The van der Waals surface area contributed by atoms with Crippen LogP contribution in [0.2, 0.25) is 0 Å². The lowest BCUT2D eigenvalue weighted by Crippen LogP contribution is -2.43. The van der Waals surface area contributed by atoms with E-state index < -0.39 is 0 Å². The molecule has 1 fully saturated rings. The summed E-state index contributed by atoms with van der Waals surface area (Å²) in [4.78, 5) is 0. The summed E-state index contributed by atoms with van der Waals surface area (Å²) in [5.41, 5.74) is 2.71. The molecule has 1 aromatic rings. The SMILES string of the molecule is Cc1cc2c(cc1CC1CNC1)OCO2. The molecule has 0 saturated carbocycles. The second-order valence-corrected chi connectivity index (χ2v) is 4.36. The van der Waals surface area contributed by atoms with E-state index in [4.69, 9.17) is 9.47 Å². The fraction of sp³-hybridized carbons (Fsp3) is 0.500. The van der Waals surface area contributed by atoms with Gasteiger partial charge in [-0.2, -0.15) is 0 Å². The molecule has 0 spiro atoms. The van der Waals surface area contributed by atoms with Crippen molar-refractivity contribution < 1.29 is 9.47 Å². The van der Waals surface area contributed by atoms with Crippen LogP contribution in [0.25, 0.3) is 0 Å². The number of benzene rings is 1. The molecule has 1 aromatic carbocycles. The maximum atomic E-state index is 5.39. The van der Waals surface area contributed by atoms with E-state index in [0.717, 1.165) is 36.9 Å². The van der Waals surface area contributed by atoms with Gasteiger partial charge in [0.15, 0.2) is 11.5 Å². The van der Waals surface area contributed by atoms with E-state index in [0.29, 0.717) is 6.79 Å². The zero-order valence-electron chi connectivity index (χ0n) is 8.88. The molecule has 0 unspecified atom stereocenters. The first-order valence-corrected chi connectivity index (χ1v) is 5.43. The zero-order chi connectivity index (χ0) is 10.3. The van der Waals surface area contributed by atoms with Gasteiger partial charge in [0.1, 0.15) is 0 Å². The maximum Gasteiger partial charge on any atom is 0.231 e. The van der Waals surface area contributed by atoms with E-state index in [1.165, 1.54) is 11.1 Å². The van der Waals surface area contributed by atoms with Crippen molar-refractivity contribution >= 4 is 0 Å². The number of fused-ring (bicyclic) bond motifs is 1. The Morgan fingerprint density at radius 3 is 2.67 bits per heavy atom. The van der Waals surface area contributed by atoms with Crippen molar-refractivity contribution in [1.29, 1.82) is 0 Å². The second-order valence-electron chi connectivity index (χ2n) is 4.36. The van der Waals surface area contributed by atoms with Crippen LogP contribution in [0.3, 0.4) is 0 Å². The Morgan fingerprint density at radius 1 is 1.27 bits per heavy atom. The van der Waals surface area contributed by atoms with Gasteiger partial charge >= 0.3 is 0 Å². The van der Waals surface area contributed by atoms with Gasteiger partial charge in [-0.25, -0.2) is 0 Å². The van der Waals surface area contributed by atoms with E-state index in [-0.39, 0.29) is 0 Å². The monoisotopic (exact) mass is 205 g/mol. The zero-order valence-corrected chi connectivity index (χ0v) is 8.88. The van der Waals surface area contributed by atoms with Crippen molar-refractivity contribution in [3.8, 4) is 11.5 Å². The lowest BCUT2D eigenvalue weighted by atomic mass is 9.92. The van der Waals surface area contributed by atoms with Crippen molar-refractivity contribution in [1.82, 2.24) is 5.32 Å². The summed E-state index contributed by atoms with van der Waals surface area (Å²) in [6.07, 6.45) is 1.15. The number of hydrogen-bond acceptors (Lipinski definition) is 3. The van der Waals surface area contributed by atoms with E-state index in [1.54, 1.807) is 0 Å². The van der Waals surface area contributed by atoms with Gasteiger partial charge in [0.2, 0.25) is 6.79 Å². The number of hydrogen-bond donors (Lipinski definition) is 1. The average Bonchev–Trinajstić information content (AvgIpc) is 2.58. The predicted octanol–water partition coefficient (Wildman–Crippen LogP) is 1.49. The molecule has 0 aromatic heterocycles. The summed E-state index contributed by atoms with van der Waals surface area (Å²) >= 11 is 0. The molecule has 15 heavy (non-hydrogen) atoms. The molecule has 2 aliphatic heterocycles. The van der Waals surface area contributed by atoms with E-state index >= 15 is 0 Å². The van der Waals surface area contributed by atoms with Gasteiger partial charge in [-0.1, -0.05) is 0 Å². The van der Waals surface area contributed by atoms with Gasteiger partial charge in [0, 0.05) is 0 Å². The molecule has 0 bridgehead atoms. The first kappa shape index (κ1) is 9.04. The fourth-order valence-corrected chi connectivity index (χ4v) is 2.11. The second kappa shape index (κ2) is 3.42. The molecule has 80 valence electrons. The summed E-state index contributed by atoms with van der Waals surface area (Å²) in [5, 5.41) is 3.30. The van der Waals surface area contributed by atoms with Crippen LogP contribution >= 0.6 is 0 Å².